The largest absolute Gasteiger partial charge is 0.465 e. The fourth-order valence-electron chi connectivity index (χ4n) is 2.55. The Kier molecular flexibility index (Phi) is 5.38. The predicted molar refractivity (Wildman–Crippen MR) is 82.6 cm³/mol. The second kappa shape index (κ2) is 7.47. The monoisotopic (exact) mass is 356 g/mol. The maximum atomic E-state index is 5.93. The van der Waals surface area contributed by atoms with Crippen LogP contribution in [0.1, 0.15) is 38.5 Å². The summed E-state index contributed by atoms with van der Waals surface area (Å²) in [6, 6.07) is 5.77. The molecule has 0 amide bonds. The van der Waals surface area contributed by atoms with E-state index in [2.05, 4.69) is 15.9 Å². The van der Waals surface area contributed by atoms with Crippen molar-refractivity contribution in [2.24, 2.45) is 0 Å². The second-order valence-corrected chi connectivity index (χ2v) is 6.27. The Morgan fingerprint density at radius 2 is 1.57 bits per heavy atom. The first-order valence-corrected chi connectivity index (χ1v) is 8.46. The molecule has 0 N–H and O–H groups in total. The molecule has 4 nitrogen and oxygen atoms in total. The van der Waals surface area contributed by atoms with Crippen LogP contribution in [0.25, 0.3) is 0 Å². The van der Waals surface area contributed by atoms with Gasteiger partial charge in [0, 0.05) is 18.9 Å². The smallest absolute Gasteiger partial charge is 0.199 e. The molecule has 2 heterocycles. The summed E-state index contributed by atoms with van der Waals surface area (Å²) >= 11 is 3.52. The minimum absolute atomic E-state index is 0.140. The third kappa shape index (κ3) is 4.34. The fourth-order valence-corrected chi connectivity index (χ4v) is 2.89. The van der Waals surface area contributed by atoms with Crippen molar-refractivity contribution in [3.8, 4) is 11.5 Å². The van der Waals surface area contributed by atoms with Crippen molar-refractivity contribution >= 4 is 15.9 Å². The molecule has 2 aliphatic rings. The maximum Gasteiger partial charge on any atom is 0.199 e. The molecule has 0 radical (unpaired) electrons. The number of hydrogen-bond acceptors (Lipinski definition) is 4. The molecule has 0 spiro atoms. The molecule has 116 valence electrons. The van der Waals surface area contributed by atoms with E-state index in [1.165, 1.54) is 0 Å². The fraction of sp³-hybridized carbons (Fsp3) is 0.625. The van der Waals surface area contributed by atoms with Crippen molar-refractivity contribution in [2.45, 2.75) is 51.1 Å². The molecule has 2 fully saturated rings. The predicted octanol–water partition coefficient (Wildman–Crippen LogP) is 4.26. The van der Waals surface area contributed by atoms with Crippen LogP contribution in [0.5, 0.6) is 11.5 Å². The minimum Gasteiger partial charge on any atom is -0.465 e. The van der Waals surface area contributed by atoms with Gasteiger partial charge in [-0.25, -0.2) is 0 Å². The standard InChI is InChI=1S/C16H21BrO4/c17-13-8-7-12(20-15-5-1-3-9-18-15)11-14(13)21-16-6-2-4-10-19-16/h7-8,11,15-16H,1-6,9-10H2/t15-,16+/m0/s1. The van der Waals surface area contributed by atoms with Crippen LogP contribution in [0, 0.1) is 0 Å². The Morgan fingerprint density at radius 1 is 0.905 bits per heavy atom. The first kappa shape index (κ1) is 15.1. The average molecular weight is 357 g/mol. The van der Waals surface area contributed by atoms with Crippen LogP contribution in [0.2, 0.25) is 0 Å². The van der Waals surface area contributed by atoms with Crippen molar-refractivity contribution in [3.05, 3.63) is 22.7 Å². The molecule has 0 saturated carbocycles. The van der Waals surface area contributed by atoms with Crippen molar-refractivity contribution in [1.82, 2.24) is 0 Å². The summed E-state index contributed by atoms with van der Waals surface area (Å²) in [5.41, 5.74) is 0. The Hall–Kier alpha value is -0.780. The van der Waals surface area contributed by atoms with Crippen LogP contribution in [0.15, 0.2) is 22.7 Å². The number of hydrogen-bond donors (Lipinski definition) is 0. The van der Waals surface area contributed by atoms with E-state index in [1.807, 2.05) is 18.2 Å². The van der Waals surface area contributed by atoms with Gasteiger partial charge in [-0.1, -0.05) is 0 Å². The van der Waals surface area contributed by atoms with E-state index in [-0.39, 0.29) is 12.6 Å². The lowest BCUT2D eigenvalue weighted by Crippen LogP contribution is -2.26. The van der Waals surface area contributed by atoms with Gasteiger partial charge in [0.2, 0.25) is 0 Å². The van der Waals surface area contributed by atoms with Crippen LogP contribution >= 0.6 is 15.9 Å². The summed E-state index contributed by atoms with van der Waals surface area (Å²) in [6.07, 6.45) is 6.11. The average Bonchev–Trinajstić information content (AvgIpc) is 2.53. The van der Waals surface area contributed by atoms with E-state index in [0.717, 1.165) is 67.7 Å². The van der Waals surface area contributed by atoms with Crippen LogP contribution in [0.4, 0.5) is 0 Å². The Bertz CT molecular complexity index is 454. The topological polar surface area (TPSA) is 36.9 Å². The van der Waals surface area contributed by atoms with Crippen LogP contribution in [-0.4, -0.2) is 25.8 Å². The molecule has 2 aliphatic heterocycles. The minimum atomic E-state index is -0.156. The van der Waals surface area contributed by atoms with Crippen LogP contribution in [-0.2, 0) is 9.47 Å². The van der Waals surface area contributed by atoms with Crippen molar-refractivity contribution in [2.75, 3.05) is 13.2 Å². The zero-order chi connectivity index (χ0) is 14.5. The Morgan fingerprint density at radius 3 is 2.19 bits per heavy atom. The zero-order valence-corrected chi connectivity index (χ0v) is 13.6. The van der Waals surface area contributed by atoms with Crippen LogP contribution < -0.4 is 9.47 Å². The molecule has 1 aromatic carbocycles. The first-order valence-electron chi connectivity index (χ1n) is 7.67. The molecule has 5 heteroatoms. The molecule has 21 heavy (non-hydrogen) atoms. The second-order valence-electron chi connectivity index (χ2n) is 5.42. The molecular weight excluding hydrogens is 336 g/mol. The molecule has 1 aromatic rings. The number of rotatable bonds is 4. The normalized spacial score (nSPS) is 26.3. The van der Waals surface area contributed by atoms with Crippen molar-refractivity contribution < 1.29 is 18.9 Å². The lowest BCUT2D eigenvalue weighted by atomic mass is 10.2. The third-order valence-electron chi connectivity index (χ3n) is 3.70. The van der Waals surface area contributed by atoms with Gasteiger partial charge in [0.05, 0.1) is 17.7 Å². The highest BCUT2D eigenvalue weighted by Gasteiger charge is 2.19. The molecule has 3 rings (SSSR count). The first-order chi connectivity index (χ1) is 10.3. The highest BCUT2D eigenvalue weighted by molar-refractivity contribution is 9.10. The summed E-state index contributed by atoms with van der Waals surface area (Å²) in [5.74, 6) is 1.53. The number of halogens is 1. The van der Waals surface area contributed by atoms with E-state index >= 15 is 0 Å². The van der Waals surface area contributed by atoms with Crippen molar-refractivity contribution in [3.63, 3.8) is 0 Å². The maximum absolute atomic E-state index is 5.93. The zero-order valence-electron chi connectivity index (χ0n) is 12.1. The van der Waals surface area contributed by atoms with Crippen molar-refractivity contribution in [1.29, 1.82) is 0 Å². The summed E-state index contributed by atoms with van der Waals surface area (Å²) in [4.78, 5) is 0. The number of benzene rings is 1. The van der Waals surface area contributed by atoms with Gasteiger partial charge in [0.25, 0.3) is 0 Å². The lowest BCUT2D eigenvalue weighted by molar-refractivity contribution is -0.109. The van der Waals surface area contributed by atoms with Gasteiger partial charge in [-0.05, 0) is 53.7 Å². The van der Waals surface area contributed by atoms with Gasteiger partial charge >= 0.3 is 0 Å². The van der Waals surface area contributed by atoms with E-state index in [1.54, 1.807) is 0 Å². The molecule has 2 atom stereocenters. The molecule has 2 saturated heterocycles. The lowest BCUT2D eigenvalue weighted by Gasteiger charge is -2.25. The van der Waals surface area contributed by atoms with Crippen LogP contribution in [0.3, 0.4) is 0 Å². The van der Waals surface area contributed by atoms with E-state index < -0.39 is 0 Å². The van der Waals surface area contributed by atoms with Gasteiger partial charge in [0.1, 0.15) is 11.5 Å². The quantitative estimate of drug-likeness (QED) is 0.807. The molecule has 0 unspecified atom stereocenters. The van der Waals surface area contributed by atoms with Gasteiger partial charge in [-0.2, -0.15) is 0 Å². The highest BCUT2D eigenvalue weighted by atomic mass is 79.9. The molecule has 0 bridgehead atoms. The Balaban J connectivity index is 1.63. The summed E-state index contributed by atoms with van der Waals surface area (Å²) in [5, 5.41) is 0. The van der Waals surface area contributed by atoms with Gasteiger partial charge in [0.15, 0.2) is 12.6 Å². The summed E-state index contributed by atoms with van der Waals surface area (Å²) < 4.78 is 23.9. The summed E-state index contributed by atoms with van der Waals surface area (Å²) in [6.45, 7) is 1.55. The van der Waals surface area contributed by atoms with Gasteiger partial charge < -0.3 is 18.9 Å². The summed E-state index contributed by atoms with van der Waals surface area (Å²) in [7, 11) is 0. The molecule has 0 aromatic heterocycles. The third-order valence-corrected chi connectivity index (χ3v) is 4.36. The van der Waals surface area contributed by atoms with Gasteiger partial charge in [-0.15, -0.1) is 0 Å². The van der Waals surface area contributed by atoms with E-state index in [9.17, 15) is 0 Å². The number of ether oxygens (including phenoxy) is 4. The molecular formula is C16H21BrO4. The highest BCUT2D eigenvalue weighted by Crippen LogP contribution is 2.32. The molecule has 0 aliphatic carbocycles. The van der Waals surface area contributed by atoms with E-state index in [0.29, 0.717) is 0 Å². The van der Waals surface area contributed by atoms with Gasteiger partial charge in [-0.3, -0.25) is 0 Å². The van der Waals surface area contributed by atoms with E-state index in [4.69, 9.17) is 18.9 Å². The Labute approximate surface area is 133 Å². The SMILES string of the molecule is Brc1ccc(O[C@H]2CCCCO2)cc1O[C@@H]1CCCCO1.